The molecule has 2 atom stereocenters. The van der Waals surface area contributed by atoms with Gasteiger partial charge in [-0.1, -0.05) is 36.2 Å². The van der Waals surface area contributed by atoms with Crippen LogP contribution in [0.4, 0.5) is 0 Å². The first-order chi connectivity index (χ1) is 8.45. The van der Waals surface area contributed by atoms with Crippen molar-refractivity contribution < 1.29 is 0 Å². The van der Waals surface area contributed by atoms with Crippen molar-refractivity contribution in [2.75, 3.05) is 20.6 Å². The van der Waals surface area contributed by atoms with E-state index in [1.54, 1.807) is 6.07 Å². The molecule has 1 rings (SSSR count). The Labute approximate surface area is 120 Å². The standard InChI is InChI=1S/C14H22Cl2N2/c1-5-14(17-9-10(2)18(3)4)12-7-6-11(15)8-13(12)16/h6-8,10,14,17H,5,9H2,1-4H3. The molecule has 0 aliphatic heterocycles. The van der Waals surface area contributed by atoms with Crippen LogP contribution in [0, 0.1) is 0 Å². The van der Waals surface area contributed by atoms with Crippen LogP contribution in [0.3, 0.4) is 0 Å². The number of benzene rings is 1. The maximum Gasteiger partial charge on any atom is 0.0468 e. The lowest BCUT2D eigenvalue weighted by Crippen LogP contribution is -2.37. The van der Waals surface area contributed by atoms with Crippen LogP contribution < -0.4 is 5.32 Å². The van der Waals surface area contributed by atoms with E-state index in [9.17, 15) is 0 Å². The lowest BCUT2D eigenvalue weighted by molar-refractivity contribution is 0.292. The Hall–Kier alpha value is -0.280. The maximum absolute atomic E-state index is 6.25. The maximum atomic E-state index is 6.25. The van der Waals surface area contributed by atoms with Gasteiger partial charge in [0.25, 0.3) is 0 Å². The second-order valence-electron chi connectivity index (χ2n) is 4.85. The Kier molecular flexibility index (Phi) is 6.44. The molecule has 4 heteroatoms. The minimum atomic E-state index is 0.275. The summed E-state index contributed by atoms with van der Waals surface area (Å²) in [6.07, 6.45) is 1.00. The topological polar surface area (TPSA) is 15.3 Å². The van der Waals surface area contributed by atoms with Gasteiger partial charge in [0.2, 0.25) is 0 Å². The molecule has 0 radical (unpaired) electrons. The van der Waals surface area contributed by atoms with E-state index in [2.05, 4.69) is 38.2 Å². The van der Waals surface area contributed by atoms with Gasteiger partial charge in [0.1, 0.15) is 0 Å². The highest BCUT2D eigenvalue weighted by Gasteiger charge is 2.14. The molecule has 0 saturated carbocycles. The van der Waals surface area contributed by atoms with Crippen LogP contribution in [-0.4, -0.2) is 31.6 Å². The fourth-order valence-electron chi connectivity index (χ4n) is 1.75. The third-order valence-corrected chi connectivity index (χ3v) is 3.85. The molecule has 0 heterocycles. The van der Waals surface area contributed by atoms with Crippen molar-refractivity contribution in [2.24, 2.45) is 0 Å². The molecular formula is C14H22Cl2N2. The number of hydrogen-bond acceptors (Lipinski definition) is 2. The summed E-state index contributed by atoms with van der Waals surface area (Å²) in [5.74, 6) is 0. The van der Waals surface area contributed by atoms with Crippen molar-refractivity contribution >= 4 is 23.2 Å². The second kappa shape index (κ2) is 7.34. The Morgan fingerprint density at radius 3 is 2.44 bits per heavy atom. The number of nitrogens with zero attached hydrogens (tertiary/aromatic N) is 1. The van der Waals surface area contributed by atoms with Gasteiger partial charge >= 0.3 is 0 Å². The second-order valence-corrected chi connectivity index (χ2v) is 5.69. The zero-order chi connectivity index (χ0) is 13.7. The van der Waals surface area contributed by atoms with Crippen molar-refractivity contribution in [3.8, 4) is 0 Å². The van der Waals surface area contributed by atoms with Crippen LogP contribution >= 0.6 is 23.2 Å². The zero-order valence-corrected chi connectivity index (χ0v) is 13.0. The van der Waals surface area contributed by atoms with Gasteiger partial charge in [-0.15, -0.1) is 0 Å². The summed E-state index contributed by atoms with van der Waals surface area (Å²) >= 11 is 12.2. The molecule has 0 aliphatic rings. The van der Waals surface area contributed by atoms with Gasteiger partial charge in [0, 0.05) is 28.7 Å². The van der Waals surface area contributed by atoms with Crippen LogP contribution in [0.15, 0.2) is 18.2 Å². The van der Waals surface area contributed by atoms with Gasteiger partial charge in [-0.05, 0) is 45.1 Å². The average Bonchev–Trinajstić information content (AvgIpc) is 2.31. The van der Waals surface area contributed by atoms with Gasteiger partial charge in [-0.2, -0.15) is 0 Å². The summed E-state index contributed by atoms with van der Waals surface area (Å²) in [6.45, 7) is 5.29. The van der Waals surface area contributed by atoms with E-state index in [-0.39, 0.29) is 6.04 Å². The molecule has 0 saturated heterocycles. The van der Waals surface area contributed by atoms with Gasteiger partial charge in [-0.3, -0.25) is 0 Å². The largest absolute Gasteiger partial charge is 0.308 e. The number of nitrogens with one attached hydrogen (secondary N) is 1. The molecule has 18 heavy (non-hydrogen) atoms. The third kappa shape index (κ3) is 4.43. The monoisotopic (exact) mass is 288 g/mol. The quantitative estimate of drug-likeness (QED) is 0.852. The first-order valence-corrected chi connectivity index (χ1v) is 7.06. The van der Waals surface area contributed by atoms with Gasteiger partial charge < -0.3 is 10.2 Å². The SMILES string of the molecule is CCC(NCC(C)N(C)C)c1ccc(Cl)cc1Cl. The molecule has 1 aromatic carbocycles. The fourth-order valence-corrected chi connectivity index (χ4v) is 2.29. The van der Waals surface area contributed by atoms with E-state index in [1.165, 1.54) is 0 Å². The van der Waals surface area contributed by atoms with E-state index >= 15 is 0 Å². The Morgan fingerprint density at radius 2 is 1.94 bits per heavy atom. The molecule has 0 aromatic heterocycles. The van der Waals surface area contributed by atoms with Crippen LogP contribution in [0.1, 0.15) is 31.9 Å². The predicted octanol–water partition coefficient (Wildman–Crippen LogP) is 3.98. The van der Waals surface area contributed by atoms with Gasteiger partial charge in [-0.25, -0.2) is 0 Å². The fraction of sp³-hybridized carbons (Fsp3) is 0.571. The van der Waals surface area contributed by atoms with Crippen molar-refractivity contribution in [3.63, 3.8) is 0 Å². The van der Waals surface area contributed by atoms with E-state index < -0.39 is 0 Å². The molecule has 0 spiro atoms. The minimum Gasteiger partial charge on any atom is -0.308 e. The molecule has 2 nitrogen and oxygen atoms in total. The lowest BCUT2D eigenvalue weighted by atomic mass is 10.0. The summed E-state index contributed by atoms with van der Waals surface area (Å²) in [7, 11) is 4.17. The van der Waals surface area contributed by atoms with Crippen molar-refractivity contribution in [3.05, 3.63) is 33.8 Å². The highest BCUT2D eigenvalue weighted by Crippen LogP contribution is 2.27. The normalized spacial score (nSPS) is 14.8. The third-order valence-electron chi connectivity index (χ3n) is 3.29. The first kappa shape index (κ1) is 15.8. The molecule has 0 amide bonds. The molecule has 0 aliphatic carbocycles. The van der Waals surface area contributed by atoms with E-state index in [0.29, 0.717) is 11.1 Å². The van der Waals surface area contributed by atoms with E-state index in [4.69, 9.17) is 23.2 Å². The Bertz CT molecular complexity index is 380. The number of hydrogen-bond donors (Lipinski definition) is 1. The molecule has 1 aromatic rings. The number of likely N-dealkylation sites (N-methyl/N-ethyl adjacent to an activating group) is 1. The predicted molar refractivity (Wildman–Crippen MR) is 80.6 cm³/mol. The lowest BCUT2D eigenvalue weighted by Gasteiger charge is -2.25. The summed E-state index contributed by atoms with van der Waals surface area (Å²) in [6, 6.07) is 6.47. The van der Waals surface area contributed by atoms with Crippen molar-refractivity contribution in [1.82, 2.24) is 10.2 Å². The average molecular weight is 289 g/mol. The summed E-state index contributed by atoms with van der Waals surface area (Å²) in [4.78, 5) is 2.20. The number of halogens is 2. The zero-order valence-electron chi connectivity index (χ0n) is 11.5. The summed E-state index contributed by atoms with van der Waals surface area (Å²) in [5, 5.41) is 4.97. The van der Waals surface area contributed by atoms with Crippen molar-refractivity contribution in [1.29, 1.82) is 0 Å². The summed E-state index contributed by atoms with van der Waals surface area (Å²) in [5.41, 5.74) is 1.12. The molecule has 0 bridgehead atoms. The Morgan fingerprint density at radius 1 is 1.28 bits per heavy atom. The molecule has 102 valence electrons. The smallest absolute Gasteiger partial charge is 0.0468 e. The molecule has 0 fully saturated rings. The molecular weight excluding hydrogens is 267 g/mol. The first-order valence-electron chi connectivity index (χ1n) is 6.30. The van der Waals surface area contributed by atoms with E-state index in [1.807, 2.05) is 12.1 Å². The van der Waals surface area contributed by atoms with E-state index in [0.717, 1.165) is 23.6 Å². The van der Waals surface area contributed by atoms with Crippen LogP contribution in [0.25, 0.3) is 0 Å². The van der Waals surface area contributed by atoms with Crippen LogP contribution in [0.2, 0.25) is 10.0 Å². The van der Waals surface area contributed by atoms with Gasteiger partial charge in [0.05, 0.1) is 0 Å². The molecule has 2 unspecified atom stereocenters. The van der Waals surface area contributed by atoms with Crippen LogP contribution in [-0.2, 0) is 0 Å². The van der Waals surface area contributed by atoms with Gasteiger partial charge in [0.15, 0.2) is 0 Å². The van der Waals surface area contributed by atoms with Crippen LogP contribution in [0.5, 0.6) is 0 Å². The number of rotatable bonds is 6. The molecule has 1 N–H and O–H groups in total. The summed E-state index contributed by atoms with van der Waals surface area (Å²) < 4.78 is 0. The highest BCUT2D eigenvalue weighted by atomic mass is 35.5. The highest BCUT2D eigenvalue weighted by molar-refractivity contribution is 6.35. The minimum absolute atomic E-state index is 0.275. The van der Waals surface area contributed by atoms with Crippen molar-refractivity contribution in [2.45, 2.75) is 32.4 Å². The Balaban J connectivity index is 2.71.